The molecule has 0 heterocycles. The van der Waals surface area contributed by atoms with E-state index < -0.39 is 25.1 Å². The molecule has 0 spiro atoms. The van der Waals surface area contributed by atoms with Crippen LogP contribution in [0.25, 0.3) is 0 Å². The predicted octanol–water partition coefficient (Wildman–Crippen LogP) is 4.93. The summed E-state index contributed by atoms with van der Waals surface area (Å²) in [6.45, 7) is 13.6. The van der Waals surface area contributed by atoms with Crippen molar-refractivity contribution in [1.29, 1.82) is 0 Å². The van der Waals surface area contributed by atoms with Gasteiger partial charge in [-0.2, -0.15) is 0 Å². The van der Waals surface area contributed by atoms with E-state index in [2.05, 4.69) is 25.0 Å². The molecule has 0 saturated carbocycles. The number of rotatable bonds is 3. The highest BCUT2D eigenvalue weighted by Gasteiger charge is 2.30. The Labute approximate surface area is 127 Å². The van der Waals surface area contributed by atoms with Crippen LogP contribution in [0.5, 0.6) is 0 Å². The van der Waals surface area contributed by atoms with E-state index in [1.165, 1.54) is 6.07 Å². The van der Waals surface area contributed by atoms with Gasteiger partial charge in [0.2, 0.25) is 5.91 Å². The van der Waals surface area contributed by atoms with Gasteiger partial charge in [0.1, 0.15) is 11.6 Å². The lowest BCUT2D eigenvalue weighted by Crippen LogP contribution is -2.32. The highest BCUT2D eigenvalue weighted by molar-refractivity contribution is 6.77. The summed E-state index contributed by atoms with van der Waals surface area (Å²) < 4.78 is 27.8. The number of anilines is 1. The van der Waals surface area contributed by atoms with Gasteiger partial charge in [-0.25, -0.2) is 8.78 Å². The molecule has 0 saturated heterocycles. The topological polar surface area (TPSA) is 29.1 Å². The molecule has 0 aromatic heterocycles. The number of carbonyl (C=O) groups excluding carboxylic acids is 1. The van der Waals surface area contributed by atoms with Gasteiger partial charge in [0.05, 0.1) is 13.8 Å². The Morgan fingerprint density at radius 2 is 1.71 bits per heavy atom. The summed E-state index contributed by atoms with van der Waals surface area (Å²) in [5, 5.41) is 2.64. The molecular weight excluding hydrogens is 288 g/mol. The number of hydrogen-bond donors (Lipinski definition) is 1. The molecule has 1 N–H and O–H groups in total. The Bertz CT molecular complexity index is 544. The second-order valence-corrected chi connectivity index (χ2v) is 13.2. The molecule has 1 amide bonds. The van der Waals surface area contributed by atoms with Crippen LogP contribution < -0.4 is 5.32 Å². The fourth-order valence-corrected chi connectivity index (χ4v) is 3.00. The van der Waals surface area contributed by atoms with Gasteiger partial charge in [-0.3, -0.25) is 4.79 Å². The third-order valence-corrected chi connectivity index (χ3v) is 6.68. The van der Waals surface area contributed by atoms with E-state index in [1.807, 2.05) is 6.92 Å². The summed E-state index contributed by atoms with van der Waals surface area (Å²) in [6.07, 6.45) is 0. The Morgan fingerprint density at radius 3 is 2.14 bits per heavy atom. The lowest BCUT2D eigenvalue weighted by molar-refractivity contribution is -0.123. The zero-order valence-electron chi connectivity index (χ0n) is 13.9. The van der Waals surface area contributed by atoms with Crippen LogP contribution in [-0.2, 0) is 4.79 Å². The molecule has 1 rings (SSSR count). The smallest absolute Gasteiger partial charge is 0.229 e. The molecule has 1 aromatic rings. The van der Waals surface area contributed by atoms with E-state index >= 15 is 0 Å². The van der Waals surface area contributed by atoms with E-state index in [1.54, 1.807) is 20.8 Å². The SMILES string of the molecule is CC(c1cc(F)cc(F)c1NC(=O)C(C)(C)C)[Si](C)(C)C. The minimum atomic E-state index is -1.66. The Hall–Kier alpha value is -1.23. The maximum Gasteiger partial charge on any atom is 0.229 e. The van der Waals surface area contributed by atoms with Gasteiger partial charge in [-0.1, -0.05) is 47.3 Å². The first-order chi connectivity index (χ1) is 9.34. The molecule has 118 valence electrons. The lowest BCUT2D eigenvalue weighted by Gasteiger charge is -2.29. The summed E-state index contributed by atoms with van der Waals surface area (Å²) >= 11 is 0. The fourth-order valence-electron chi connectivity index (χ4n) is 1.83. The molecule has 0 bridgehead atoms. The van der Waals surface area contributed by atoms with Crippen LogP contribution in [0, 0.1) is 17.0 Å². The Morgan fingerprint density at radius 1 is 1.19 bits per heavy atom. The number of benzene rings is 1. The lowest BCUT2D eigenvalue weighted by atomic mass is 9.95. The molecule has 0 aliphatic carbocycles. The van der Waals surface area contributed by atoms with Crippen molar-refractivity contribution in [2.24, 2.45) is 5.41 Å². The quantitative estimate of drug-likeness (QED) is 0.788. The number of amides is 1. The van der Waals surface area contributed by atoms with Gasteiger partial charge < -0.3 is 5.32 Å². The summed E-state index contributed by atoms with van der Waals surface area (Å²) in [5.41, 5.74) is 0.0500. The van der Waals surface area contributed by atoms with Crippen molar-refractivity contribution in [3.05, 3.63) is 29.3 Å². The standard InChI is InChI=1S/C16H25F2NOSi/c1-10(21(5,6)7)12-8-11(17)9-13(18)14(12)19-15(20)16(2,3)4/h8-10H,1-7H3,(H,19,20). The van der Waals surface area contributed by atoms with Gasteiger partial charge in [0.25, 0.3) is 0 Å². The number of halogens is 2. The first kappa shape index (κ1) is 17.8. The van der Waals surface area contributed by atoms with E-state index in [-0.39, 0.29) is 17.1 Å². The maximum atomic E-state index is 14.2. The number of carbonyl (C=O) groups is 1. The molecule has 21 heavy (non-hydrogen) atoms. The summed E-state index contributed by atoms with van der Waals surface area (Å²) in [5.74, 6) is -1.61. The van der Waals surface area contributed by atoms with Gasteiger partial charge >= 0.3 is 0 Å². The molecule has 0 aliphatic rings. The Kier molecular flexibility index (Phi) is 4.98. The third-order valence-electron chi connectivity index (χ3n) is 3.77. The van der Waals surface area contributed by atoms with Crippen LogP contribution in [0.4, 0.5) is 14.5 Å². The van der Waals surface area contributed by atoms with Crippen molar-refractivity contribution >= 4 is 19.7 Å². The van der Waals surface area contributed by atoms with E-state index in [0.29, 0.717) is 5.56 Å². The van der Waals surface area contributed by atoms with Crippen LogP contribution in [0.2, 0.25) is 19.6 Å². The highest BCUT2D eigenvalue weighted by Crippen LogP contribution is 2.35. The van der Waals surface area contributed by atoms with E-state index in [4.69, 9.17) is 0 Å². The van der Waals surface area contributed by atoms with Crippen LogP contribution in [0.15, 0.2) is 12.1 Å². The van der Waals surface area contributed by atoms with Crippen LogP contribution in [0.3, 0.4) is 0 Å². The monoisotopic (exact) mass is 313 g/mol. The van der Waals surface area contributed by atoms with E-state index in [9.17, 15) is 13.6 Å². The number of hydrogen-bond acceptors (Lipinski definition) is 1. The molecule has 5 heteroatoms. The van der Waals surface area contributed by atoms with Crippen molar-refractivity contribution in [2.45, 2.75) is 52.9 Å². The largest absolute Gasteiger partial charge is 0.323 e. The van der Waals surface area contributed by atoms with Crippen molar-refractivity contribution in [1.82, 2.24) is 0 Å². The average molecular weight is 313 g/mol. The minimum Gasteiger partial charge on any atom is -0.323 e. The molecule has 1 unspecified atom stereocenters. The Balaban J connectivity index is 3.34. The van der Waals surface area contributed by atoms with Crippen LogP contribution in [0.1, 0.15) is 38.8 Å². The second kappa shape index (κ2) is 5.87. The molecule has 1 aromatic carbocycles. The van der Waals surface area contributed by atoms with Gasteiger partial charge in [-0.15, -0.1) is 0 Å². The van der Waals surface area contributed by atoms with Crippen molar-refractivity contribution < 1.29 is 13.6 Å². The van der Waals surface area contributed by atoms with Crippen molar-refractivity contribution in [3.8, 4) is 0 Å². The van der Waals surface area contributed by atoms with Crippen molar-refractivity contribution in [3.63, 3.8) is 0 Å². The average Bonchev–Trinajstić information content (AvgIpc) is 2.28. The molecule has 0 aliphatic heterocycles. The third kappa shape index (κ3) is 4.36. The van der Waals surface area contributed by atoms with Gasteiger partial charge in [-0.05, 0) is 17.2 Å². The molecule has 2 nitrogen and oxygen atoms in total. The first-order valence-corrected chi connectivity index (χ1v) is 10.7. The summed E-state index contributed by atoms with van der Waals surface area (Å²) in [7, 11) is -1.66. The predicted molar refractivity (Wildman–Crippen MR) is 86.2 cm³/mol. The van der Waals surface area contributed by atoms with Crippen LogP contribution >= 0.6 is 0 Å². The van der Waals surface area contributed by atoms with Gasteiger partial charge in [0.15, 0.2) is 0 Å². The minimum absolute atomic E-state index is 0.0259. The zero-order valence-corrected chi connectivity index (χ0v) is 14.9. The molecule has 1 atom stereocenters. The first-order valence-electron chi connectivity index (χ1n) is 7.14. The zero-order chi connectivity index (χ0) is 16.6. The molecule has 0 fully saturated rings. The summed E-state index contributed by atoms with van der Waals surface area (Å²) in [6, 6.07) is 2.16. The normalized spacial score (nSPS) is 14.0. The highest BCUT2D eigenvalue weighted by atomic mass is 28.3. The maximum absolute atomic E-state index is 14.2. The summed E-state index contributed by atoms with van der Waals surface area (Å²) in [4.78, 5) is 12.1. The molecular formula is C16H25F2NOSi. The van der Waals surface area contributed by atoms with Gasteiger partial charge in [0, 0.05) is 11.5 Å². The van der Waals surface area contributed by atoms with E-state index in [0.717, 1.165) is 6.07 Å². The van der Waals surface area contributed by atoms with Crippen molar-refractivity contribution in [2.75, 3.05) is 5.32 Å². The van der Waals surface area contributed by atoms with Crippen LogP contribution in [-0.4, -0.2) is 14.0 Å². The molecule has 0 radical (unpaired) electrons. The second-order valence-electron chi connectivity index (χ2n) is 7.64. The fraction of sp³-hybridized carbons (Fsp3) is 0.562. The number of nitrogens with one attached hydrogen (secondary N) is 1.